The third-order valence-corrected chi connectivity index (χ3v) is 5.70. The first-order valence-electron chi connectivity index (χ1n) is 8.26. The van der Waals surface area contributed by atoms with E-state index in [0.717, 1.165) is 0 Å². The van der Waals surface area contributed by atoms with Crippen LogP contribution in [0.15, 0.2) is 70.4 Å². The number of ether oxygens (including phenoxy) is 1. The van der Waals surface area contributed by atoms with Gasteiger partial charge in [0.25, 0.3) is 0 Å². The first kappa shape index (κ1) is 18.7. The van der Waals surface area contributed by atoms with Gasteiger partial charge >= 0.3 is 5.97 Å². The molecule has 0 aliphatic rings. The molecule has 27 heavy (non-hydrogen) atoms. The van der Waals surface area contributed by atoms with Crippen LogP contribution in [0.4, 0.5) is 0 Å². The van der Waals surface area contributed by atoms with Crippen LogP contribution in [0.5, 0.6) is 5.75 Å². The van der Waals surface area contributed by atoms with E-state index < -0.39 is 15.8 Å². The molecule has 0 spiro atoms. The minimum absolute atomic E-state index is 0.0334. The highest BCUT2D eigenvalue weighted by Crippen LogP contribution is 2.37. The van der Waals surface area contributed by atoms with Gasteiger partial charge in [0.15, 0.2) is 9.84 Å². The van der Waals surface area contributed by atoms with Crippen LogP contribution >= 0.6 is 0 Å². The number of carbonyl (C=O) groups excluding carboxylic acids is 1. The van der Waals surface area contributed by atoms with Gasteiger partial charge in [-0.3, -0.25) is 0 Å². The molecule has 1 heterocycles. The summed E-state index contributed by atoms with van der Waals surface area (Å²) in [7, 11) is -3.64. The number of phenols is 1. The Kier molecular flexibility index (Phi) is 5.32. The third-order valence-electron chi connectivity index (χ3n) is 4.02. The van der Waals surface area contributed by atoms with E-state index in [2.05, 4.69) is 0 Å². The van der Waals surface area contributed by atoms with Crippen LogP contribution in [-0.4, -0.2) is 26.1 Å². The van der Waals surface area contributed by atoms with E-state index in [1.807, 2.05) is 0 Å². The molecule has 0 amide bonds. The fraction of sp³-hybridized carbons (Fsp3) is 0.150. The molecule has 2 aromatic carbocycles. The normalized spacial score (nSPS) is 11.3. The largest absolute Gasteiger partial charge is 0.506 e. The first-order chi connectivity index (χ1) is 12.9. The number of esters is 1. The minimum Gasteiger partial charge on any atom is -0.506 e. The van der Waals surface area contributed by atoms with Crippen LogP contribution in [0.3, 0.4) is 0 Å². The number of aromatic hydroxyl groups is 1. The number of benzene rings is 2. The van der Waals surface area contributed by atoms with Gasteiger partial charge in [-0.1, -0.05) is 24.3 Å². The molecule has 1 N–H and O–H groups in total. The van der Waals surface area contributed by atoms with Crippen LogP contribution in [0.2, 0.25) is 0 Å². The summed E-state index contributed by atoms with van der Waals surface area (Å²) in [5.74, 6) is -1.36. The maximum atomic E-state index is 12.8. The summed E-state index contributed by atoms with van der Waals surface area (Å²) in [6.07, 6.45) is 2.78. The number of carbonyl (C=O) groups is 1. The lowest BCUT2D eigenvalue weighted by atomic mass is 9.98. The van der Waals surface area contributed by atoms with E-state index in [9.17, 15) is 18.3 Å². The van der Waals surface area contributed by atoms with Crippen molar-refractivity contribution in [3.8, 4) is 16.9 Å². The van der Waals surface area contributed by atoms with Crippen molar-refractivity contribution in [3.05, 3.63) is 72.2 Å². The zero-order valence-corrected chi connectivity index (χ0v) is 15.4. The predicted octanol–water partition coefficient (Wildman–Crippen LogP) is 3.80. The summed E-state index contributed by atoms with van der Waals surface area (Å²) < 4.78 is 35.5. The molecular formula is C20H18O6S. The van der Waals surface area contributed by atoms with Crippen molar-refractivity contribution in [3.63, 3.8) is 0 Å². The van der Waals surface area contributed by atoms with Crippen LogP contribution in [0.1, 0.15) is 22.8 Å². The highest BCUT2D eigenvalue weighted by atomic mass is 32.2. The van der Waals surface area contributed by atoms with Crippen molar-refractivity contribution < 1.29 is 27.5 Å². The number of rotatable bonds is 6. The Morgan fingerprint density at radius 2 is 1.85 bits per heavy atom. The standard InChI is InChI=1S/C20H18O6S/c1-2-26-20(22)17-9-8-15(18(19(17)21)14-10-11-25-12-14)13-27(23,24)16-6-4-3-5-7-16/h3-12,21H,2,13H2,1H3. The van der Waals surface area contributed by atoms with Gasteiger partial charge in [0.2, 0.25) is 0 Å². The van der Waals surface area contributed by atoms with Crippen molar-refractivity contribution in [1.29, 1.82) is 0 Å². The van der Waals surface area contributed by atoms with Gasteiger partial charge in [0, 0.05) is 11.1 Å². The summed E-state index contributed by atoms with van der Waals surface area (Å²) in [6.45, 7) is 1.82. The van der Waals surface area contributed by atoms with Gasteiger partial charge in [0.1, 0.15) is 11.3 Å². The maximum absolute atomic E-state index is 12.8. The molecule has 3 rings (SSSR count). The smallest absolute Gasteiger partial charge is 0.341 e. The van der Waals surface area contributed by atoms with Crippen molar-refractivity contribution in [1.82, 2.24) is 0 Å². The Hall–Kier alpha value is -3.06. The molecule has 0 unspecified atom stereocenters. The van der Waals surface area contributed by atoms with Crippen molar-refractivity contribution in [2.75, 3.05) is 6.61 Å². The molecular weight excluding hydrogens is 368 g/mol. The number of hydrogen-bond acceptors (Lipinski definition) is 6. The predicted molar refractivity (Wildman–Crippen MR) is 99.1 cm³/mol. The van der Waals surface area contributed by atoms with Crippen molar-refractivity contribution >= 4 is 15.8 Å². The summed E-state index contributed by atoms with van der Waals surface area (Å²) in [6, 6.07) is 12.5. The van der Waals surface area contributed by atoms with Gasteiger partial charge < -0.3 is 14.3 Å². The van der Waals surface area contributed by atoms with Crippen LogP contribution < -0.4 is 0 Å². The average Bonchev–Trinajstić information content (AvgIpc) is 3.17. The second kappa shape index (κ2) is 7.67. The van der Waals surface area contributed by atoms with Crippen LogP contribution in [0, 0.1) is 0 Å². The number of furan rings is 1. The van der Waals surface area contributed by atoms with Gasteiger partial charge in [-0.05, 0) is 36.8 Å². The first-order valence-corrected chi connectivity index (χ1v) is 9.91. The van der Waals surface area contributed by atoms with E-state index in [0.29, 0.717) is 11.1 Å². The molecule has 140 valence electrons. The monoisotopic (exact) mass is 386 g/mol. The lowest BCUT2D eigenvalue weighted by molar-refractivity contribution is 0.0523. The van der Waals surface area contributed by atoms with Crippen LogP contribution in [-0.2, 0) is 20.3 Å². The molecule has 0 fully saturated rings. The molecule has 7 heteroatoms. The molecule has 6 nitrogen and oxygen atoms in total. The number of hydrogen-bond donors (Lipinski definition) is 1. The van der Waals surface area contributed by atoms with Crippen molar-refractivity contribution in [2.24, 2.45) is 0 Å². The quantitative estimate of drug-likeness (QED) is 0.648. The van der Waals surface area contributed by atoms with Gasteiger partial charge in [0.05, 0.1) is 29.8 Å². The second-order valence-electron chi connectivity index (χ2n) is 5.80. The molecule has 0 radical (unpaired) electrons. The zero-order valence-electron chi connectivity index (χ0n) is 14.6. The highest BCUT2D eigenvalue weighted by molar-refractivity contribution is 7.90. The Bertz CT molecular complexity index is 1040. The Morgan fingerprint density at radius 3 is 2.48 bits per heavy atom. The highest BCUT2D eigenvalue weighted by Gasteiger charge is 2.24. The fourth-order valence-corrected chi connectivity index (χ4v) is 4.16. The van der Waals surface area contributed by atoms with Crippen LogP contribution in [0.25, 0.3) is 11.1 Å². The van der Waals surface area contributed by atoms with E-state index in [-0.39, 0.29) is 34.1 Å². The summed E-state index contributed by atoms with van der Waals surface area (Å²) in [5.41, 5.74) is 1.02. The average molecular weight is 386 g/mol. The lowest BCUT2D eigenvalue weighted by Crippen LogP contribution is -2.09. The third kappa shape index (κ3) is 3.88. The molecule has 0 atom stereocenters. The Balaban J connectivity index is 2.11. The van der Waals surface area contributed by atoms with Gasteiger partial charge in [-0.15, -0.1) is 0 Å². The molecule has 0 aliphatic heterocycles. The SMILES string of the molecule is CCOC(=O)c1ccc(CS(=O)(=O)c2ccccc2)c(-c2ccoc2)c1O. The molecule has 0 bridgehead atoms. The zero-order chi connectivity index (χ0) is 19.4. The Morgan fingerprint density at radius 1 is 1.11 bits per heavy atom. The molecule has 0 saturated heterocycles. The van der Waals surface area contributed by atoms with E-state index in [4.69, 9.17) is 9.15 Å². The fourth-order valence-electron chi connectivity index (χ4n) is 2.77. The lowest BCUT2D eigenvalue weighted by Gasteiger charge is -2.14. The maximum Gasteiger partial charge on any atom is 0.341 e. The molecule has 0 aliphatic carbocycles. The topological polar surface area (TPSA) is 93.8 Å². The summed E-state index contributed by atoms with van der Waals surface area (Å²) in [5, 5.41) is 10.7. The van der Waals surface area contributed by atoms with Gasteiger partial charge in [-0.2, -0.15) is 0 Å². The Labute approximate surface area is 156 Å². The summed E-state index contributed by atoms with van der Waals surface area (Å²) >= 11 is 0. The summed E-state index contributed by atoms with van der Waals surface area (Å²) in [4.78, 5) is 12.3. The minimum atomic E-state index is -3.64. The van der Waals surface area contributed by atoms with E-state index in [1.54, 1.807) is 31.2 Å². The molecule has 3 aromatic rings. The van der Waals surface area contributed by atoms with E-state index >= 15 is 0 Å². The second-order valence-corrected chi connectivity index (χ2v) is 7.79. The number of phenolic OH excluding ortho intramolecular Hbond substituents is 1. The molecule has 0 saturated carbocycles. The van der Waals surface area contributed by atoms with E-state index in [1.165, 1.54) is 36.8 Å². The van der Waals surface area contributed by atoms with Crippen molar-refractivity contribution in [2.45, 2.75) is 17.6 Å². The number of sulfone groups is 1. The van der Waals surface area contributed by atoms with Gasteiger partial charge in [-0.25, -0.2) is 13.2 Å². The molecule has 1 aromatic heterocycles.